The van der Waals surface area contributed by atoms with Crippen molar-refractivity contribution >= 4 is 16.8 Å². The van der Waals surface area contributed by atoms with Crippen molar-refractivity contribution in [1.82, 2.24) is 10.3 Å². The fraction of sp³-hybridized carbons (Fsp3) is 0.500. The van der Waals surface area contributed by atoms with Gasteiger partial charge in [0.1, 0.15) is 5.52 Å². The predicted molar refractivity (Wildman–Crippen MR) is 72.9 cm³/mol. The molecule has 1 aromatic heterocycles. The summed E-state index contributed by atoms with van der Waals surface area (Å²) in [5, 5.41) is 3.30. The summed E-state index contributed by atoms with van der Waals surface area (Å²) in [6.45, 7) is 2.19. The van der Waals surface area contributed by atoms with Crippen molar-refractivity contribution in [2.45, 2.75) is 12.8 Å². The zero-order valence-corrected chi connectivity index (χ0v) is 10.9. The number of nitrogens with zero attached hydrogens (tertiary/aromatic N) is 2. The Kier molecular flexibility index (Phi) is 2.74. The van der Waals surface area contributed by atoms with Crippen molar-refractivity contribution < 1.29 is 4.42 Å². The summed E-state index contributed by atoms with van der Waals surface area (Å²) in [6.07, 6.45) is 4.14. The molecule has 0 atom stereocenters. The third kappa shape index (κ3) is 2.08. The van der Waals surface area contributed by atoms with Gasteiger partial charge in [-0.1, -0.05) is 0 Å². The summed E-state index contributed by atoms with van der Waals surface area (Å²) in [5.41, 5.74) is 3.45. The molecule has 0 amide bonds. The maximum absolute atomic E-state index is 5.35. The summed E-state index contributed by atoms with van der Waals surface area (Å²) in [4.78, 5) is 6.45. The van der Waals surface area contributed by atoms with Gasteiger partial charge in [0, 0.05) is 37.3 Å². The van der Waals surface area contributed by atoms with Crippen LogP contribution in [0.25, 0.3) is 11.1 Å². The van der Waals surface area contributed by atoms with Gasteiger partial charge in [-0.25, -0.2) is 4.98 Å². The minimum absolute atomic E-state index is 0.472. The highest BCUT2D eigenvalue weighted by Gasteiger charge is 2.42. The quantitative estimate of drug-likeness (QED) is 0.877. The first-order valence-electron chi connectivity index (χ1n) is 6.41. The molecule has 1 heterocycles. The molecule has 3 rings (SSSR count). The average Bonchev–Trinajstić information content (AvgIpc) is 2.95. The zero-order chi connectivity index (χ0) is 12.6. The lowest BCUT2D eigenvalue weighted by molar-refractivity contribution is 0.482. The molecule has 0 radical (unpaired) electrons. The van der Waals surface area contributed by atoms with Gasteiger partial charge in [0.05, 0.1) is 0 Å². The number of rotatable bonds is 5. The van der Waals surface area contributed by atoms with Gasteiger partial charge in [-0.3, -0.25) is 0 Å². The van der Waals surface area contributed by atoms with E-state index in [2.05, 4.69) is 34.4 Å². The number of fused-ring (bicyclic) bond motifs is 1. The second-order valence-corrected chi connectivity index (χ2v) is 5.39. The van der Waals surface area contributed by atoms with E-state index in [1.165, 1.54) is 24.9 Å². The summed E-state index contributed by atoms with van der Waals surface area (Å²) < 4.78 is 5.35. The fourth-order valence-corrected chi connectivity index (χ4v) is 2.62. The van der Waals surface area contributed by atoms with Crippen molar-refractivity contribution in [1.29, 1.82) is 0 Å². The van der Waals surface area contributed by atoms with Crippen LogP contribution in [-0.4, -0.2) is 32.2 Å². The Bertz CT molecular complexity index is 545. The summed E-state index contributed by atoms with van der Waals surface area (Å²) >= 11 is 0. The van der Waals surface area contributed by atoms with E-state index in [1.807, 2.05) is 13.1 Å². The highest BCUT2D eigenvalue weighted by molar-refractivity contribution is 5.77. The van der Waals surface area contributed by atoms with E-state index in [4.69, 9.17) is 4.42 Å². The third-order valence-corrected chi connectivity index (χ3v) is 3.84. The Morgan fingerprint density at radius 1 is 1.44 bits per heavy atom. The van der Waals surface area contributed by atoms with Crippen molar-refractivity contribution in [3.05, 3.63) is 24.6 Å². The van der Waals surface area contributed by atoms with Crippen LogP contribution in [0, 0.1) is 5.41 Å². The molecule has 1 aliphatic carbocycles. The Labute approximate surface area is 107 Å². The molecule has 0 bridgehead atoms. The van der Waals surface area contributed by atoms with Gasteiger partial charge in [0.2, 0.25) is 0 Å². The van der Waals surface area contributed by atoms with Crippen LogP contribution in [0.4, 0.5) is 5.69 Å². The molecule has 2 aromatic rings. The minimum Gasteiger partial charge on any atom is -0.443 e. The Morgan fingerprint density at radius 3 is 3.00 bits per heavy atom. The van der Waals surface area contributed by atoms with Gasteiger partial charge in [0.15, 0.2) is 12.0 Å². The van der Waals surface area contributed by atoms with Crippen molar-refractivity contribution in [3.8, 4) is 0 Å². The molecule has 18 heavy (non-hydrogen) atoms. The van der Waals surface area contributed by atoms with E-state index in [1.54, 1.807) is 0 Å². The molecule has 1 N–H and O–H groups in total. The number of hydrogen-bond acceptors (Lipinski definition) is 4. The highest BCUT2D eigenvalue weighted by atomic mass is 16.3. The third-order valence-electron chi connectivity index (χ3n) is 3.84. The molecular formula is C14H19N3O. The largest absolute Gasteiger partial charge is 0.443 e. The molecule has 0 unspecified atom stereocenters. The fourth-order valence-electron chi connectivity index (χ4n) is 2.62. The van der Waals surface area contributed by atoms with Gasteiger partial charge in [-0.2, -0.15) is 0 Å². The van der Waals surface area contributed by atoms with E-state index >= 15 is 0 Å². The van der Waals surface area contributed by atoms with Gasteiger partial charge in [-0.05, 0) is 32.0 Å². The average molecular weight is 245 g/mol. The molecule has 1 fully saturated rings. The van der Waals surface area contributed by atoms with Crippen LogP contribution in [0.1, 0.15) is 12.8 Å². The van der Waals surface area contributed by atoms with Crippen molar-refractivity contribution in [2.24, 2.45) is 5.41 Å². The predicted octanol–water partition coefficient (Wildman–Crippen LogP) is 2.26. The molecule has 0 aliphatic heterocycles. The topological polar surface area (TPSA) is 41.3 Å². The molecule has 0 saturated heterocycles. The SMILES string of the molecule is CNCC1(CN(C)c2ccc3ncoc3c2)CC1. The standard InChI is InChI=1S/C14H19N3O/c1-15-8-14(5-6-14)9-17(2)11-3-4-12-13(7-11)18-10-16-12/h3-4,7,10,15H,5-6,8-9H2,1-2H3. The summed E-state index contributed by atoms with van der Waals surface area (Å²) in [5.74, 6) is 0. The molecule has 0 spiro atoms. The molecule has 1 aromatic carbocycles. The lowest BCUT2D eigenvalue weighted by Gasteiger charge is -2.25. The number of oxazole rings is 1. The lowest BCUT2D eigenvalue weighted by atomic mass is 10.1. The Balaban J connectivity index is 1.77. The number of hydrogen-bond donors (Lipinski definition) is 1. The van der Waals surface area contributed by atoms with Crippen LogP contribution in [0.2, 0.25) is 0 Å². The number of aromatic nitrogens is 1. The van der Waals surface area contributed by atoms with E-state index in [-0.39, 0.29) is 0 Å². The highest BCUT2D eigenvalue weighted by Crippen LogP contribution is 2.46. The van der Waals surface area contributed by atoms with E-state index < -0.39 is 0 Å². The zero-order valence-electron chi connectivity index (χ0n) is 10.9. The van der Waals surface area contributed by atoms with E-state index in [9.17, 15) is 0 Å². The van der Waals surface area contributed by atoms with Crippen molar-refractivity contribution in [2.75, 3.05) is 32.1 Å². The van der Waals surface area contributed by atoms with Crippen LogP contribution in [0.15, 0.2) is 29.0 Å². The van der Waals surface area contributed by atoms with Crippen LogP contribution in [-0.2, 0) is 0 Å². The van der Waals surface area contributed by atoms with Crippen LogP contribution < -0.4 is 10.2 Å². The number of nitrogens with one attached hydrogen (secondary N) is 1. The number of anilines is 1. The molecular weight excluding hydrogens is 226 g/mol. The lowest BCUT2D eigenvalue weighted by Crippen LogP contribution is -2.32. The van der Waals surface area contributed by atoms with Crippen LogP contribution in [0.5, 0.6) is 0 Å². The van der Waals surface area contributed by atoms with Crippen molar-refractivity contribution in [3.63, 3.8) is 0 Å². The minimum atomic E-state index is 0.472. The first-order chi connectivity index (χ1) is 8.72. The van der Waals surface area contributed by atoms with Gasteiger partial charge >= 0.3 is 0 Å². The Hall–Kier alpha value is -1.55. The first kappa shape index (κ1) is 11.5. The molecule has 4 nitrogen and oxygen atoms in total. The Morgan fingerprint density at radius 2 is 2.28 bits per heavy atom. The monoisotopic (exact) mass is 245 g/mol. The van der Waals surface area contributed by atoms with Gasteiger partial charge in [0.25, 0.3) is 0 Å². The van der Waals surface area contributed by atoms with Gasteiger partial charge in [-0.15, -0.1) is 0 Å². The van der Waals surface area contributed by atoms with E-state index in [0.29, 0.717) is 5.41 Å². The summed E-state index contributed by atoms with van der Waals surface area (Å²) in [7, 11) is 4.17. The normalized spacial score (nSPS) is 17.0. The molecule has 1 saturated carbocycles. The van der Waals surface area contributed by atoms with E-state index in [0.717, 1.165) is 24.2 Å². The molecule has 96 valence electrons. The first-order valence-corrected chi connectivity index (χ1v) is 6.41. The number of benzene rings is 1. The van der Waals surface area contributed by atoms with Crippen LogP contribution >= 0.6 is 0 Å². The van der Waals surface area contributed by atoms with Gasteiger partial charge < -0.3 is 14.6 Å². The second kappa shape index (κ2) is 4.28. The van der Waals surface area contributed by atoms with Crippen LogP contribution in [0.3, 0.4) is 0 Å². The maximum Gasteiger partial charge on any atom is 0.181 e. The second-order valence-electron chi connectivity index (χ2n) is 5.39. The molecule has 4 heteroatoms. The summed E-state index contributed by atoms with van der Waals surface area (Å²) in [6, 6.07) is 6.19. The smallest absolute Gasteiger partial charge is 0.181 e. The maximum atomic E-state index is 5.35. The molecule has 1 aliphatic rings.